The average Bonchev–Trinajstić information content (AvgIpc) is 2.39. The molecule has 0 aromatic heterocycles. The minimum atomic E-state index is 0.664. The lowest BCUT2D eigenvalue weighted by molar-refractivity contribution is 0.811. The zero-order valence-electron chi connectivity index (χ0n) is 10.2. The summed E-state index contributed by atoms with van der Waals surface area (Å²) in [5, 5.41) is 0.664. The Balaban J connectivity index is 1.80. The van der Waals surface area contributed by atoms with Crippen molar-refractivity contribution in [1.29, 1.82) is 0 Å². The summed E-state index contributed by atoms with van der Waals surface area (Å²) in [7, 11) is 0. The summed E-state index contributed by atoms with van der Waals surface area (Å²) in [6.07, 6.45) is 2.39. The van der Waals surface area contributed by atoms with Crippen molar-refractivity contribution in [2.24, 2.45) is 0 Å². The number of hydrogen-bond acceptors (Lipinski definition) is 1. The van der Waals surface area contributed by atoms with Gasteiger partial charge in [-0.05, 0) is 30.5 Å². The molecular weight excluding hydrogens is 224 g/mol. The van der Waals surface area contributed by atoms with Crippen LogP contribution >= 0.6 is 11.8 Å². The molecule has 1 unspecified atom stereocenters. The molecule has 88 valence electrons. The second-order valence-electron chi connectivity index (χ2n) is 4.27. The summed E-state index contributed by atoms with van der Waals surface area (Å²) in [5.41, 5.74) is 1.44. The van der Waals surface area contributed by atoms with Gasteiger partial charge < -0.3 is 0 Å². The van der Waals surface area contributed by atoms with E-state index in [9.17, 15) is 0 Å². The molecule has 2 rings (SSSR count). The molecule has 0 radical (unpaired) electrons. The summed E-state index contributed by atoms with van der Waals surface area (Å²) in [5.74, 6) is 0. The fourth-order valence-corrected chi connectivity index (χ4v) is 2.82. The van der Waals surface area contributed by atoms with Gasteiger partial charge in [0.15, 0.2) is 0 Å². The number of rotatable bonds is 5. The molecule has 0 nitrogen and oxygen atoms in total. The molecule has 2 aromatic carbocycles. The van der Waals surface area contributed by atoms with E-state index in [1.54, 1.807) is 0 Å². The van der Waals surface area contributed by atoms with Gasteiger partial charge >= 0.3 is 0 Å². The fraction of sp³-hybridized carbons (Fsp3) is 0.250. The van der Waals surface area contributed by atoms with Crippen molar-refractivity contribution in [3.05, 3.63) is 66.2 Å². The highest BCUT2D eigenvalue weighted by Gasteiger charge is 2.04. The Labute approximate surface area is 108 Å². The van der Waals surface area contributed by atoms with E-state index in [-0.39, 0.29) is 0 Å². The predicted octanol–water partition coefficient (Wildman–Crippen LogP) is 4.80. The molecule has 2 aromatic rings. The Kier molecular flexibility index (Phi) is 4.69. The topological polar surface area (TPSA) is 0 Å². The maximum atomic E-state index is 2.31. The van der Waals surface area contributed by atoms with E-state index in [1.165, 1.54) is 23.3 Å². The van der Waals surface area contributed by atoms with Gasteiger partial charge in [-0.15, -0.1) is 11.8 Å². The van der Waals surface area contributed by atoms with Gasteiger partial charge in [-0.25, -0.2) is 0 Å². The third kappa shape index (κ3) is 4.27. The van der Waals surface area contributed by atoms with Crippen LogP contribution in [0.5, 0.6) is 0 Å². The van der Waals surface area contributed by atoms with E-state index in [1.807, 2.05) is 11.8 Å². The molecule has 0 saturated heterocycles. The Morgan fingerprint density at radius 3 is 2.12 bits per heavy atom. The van der Waals surface area contributed by atoms with Crippen LogP contribution in [0.1, 0.15) is 18.9 Å². The summed E-state index contributed by atoms with van der Waals surface area (Å²) >= 11 is 1.96. The minimum Gasteiger partial charge on any atom is -0.123 e. The van der Waals surface area contributed by atoms with Crippen molar-refractivity contribution in [3.8, 4) is 0 Å². The van der Waals surface area contributed by atoms with E-state index in [4.69, 9.17) is 0 Å². The first-order valence-electron chi connectivity index (χ1n) is 6.10. The van der Waals surface area contributed by atoms with Crippen LogP contribution in [0.2, 0.25) is 0 Å². The summed E-state index contributed by atoms with van der Waals surface area (Å²) in [4.78, 5) is 1.37. The molecule has 0 aliphatic heterocycles. The monoisotopic (exact) mass is 242 g/mol. The van der Waals surface area contributed by atoms with E-state index in [2.05, 4.69) is 67.6 Å². The molecule has 17 heavy (non-hydrogen) atoms. The molecule has 1 heteroatoms. The molecular formula is C16H18S. The van der Waals surface area contributed by atoms with E-state index in [0.717, 1.165) is 0 Å². The number of aryl methyl sites for hydroxylation is 1. The van der Waals surface area contributed by atoms with Gasteiger partial charge in [0.2, 0.25) is 0 Å². The van der Waals surface area contributed by atoms with Crippen LogP contribution in [0.3, 0.4) is 0 Å². The van der Waals surface area contributed by atoms with Crippen molar-refractivity contribution < 1.29 is 0 Å². The van der Waals surface area contributed by atoms with E-state index < -0.39 is 0 Å². The zero-order valence-corrected chi connectivity index (χ0v) is 11.0. The molecule has 0 N–H and O–H groups in total. The lowest BCUT2D eigenvalue weighted by Gasteiger charge is -2.10. The quantitative estimate of drug-likeness (QED) is 0.679. The van der Waals surface area contributed by atoms with Crippen LogP contribution < -0.4 is 0 Å². The molecule has 0 heterocycles. The highest BCUT2D eigenvalue weighted by molar-refractivity contribution is 7.99. The average molecular weight is 242 g/mol. The standard InChI is InChI=1S/C16H18S/c1-14(17-16-10-6-3-7-11-16)12-13-15-8-4-2-5-9-15/h2-11,14H,12-13H2,1H3. The molecule has 0 amide bonds. The van der Waals surface area contributed by atoms with E-state index in [0.29, 0.717) is 5.25 Å². The molecule has 0 saturated carbocycles. The van der Waals surface area contributed by atoms with Crippen molar-refractivity contribution in [2.75, 3.05) is 0 Å². The van der Waals surface area contributed by atoms with Gasteiger partial charge in [0.25, 0.3) is 0 Å². The molecule has 0 bridgehead atoms. The van der Waals surface area contributed by atoms with Crippen LogP contribution in [-0.4, -0.2) is 5.25 Å². The number of thioether (sulfide) groups is 1. The van der Waals surface area contributed by atoms with Crippen LogP contribution in [0.4, 0.5) is 0 Å². The van der Waals surface area contributed by atoms with Crippen molar-refractivity contribution in [1.82, 2.24) is 0 Å². The normalized spacial score (nSPS) is 12.3. The second kappa shape index (κ2) is 6.51. The molecule has 0 spiro atoms. The minimum absolute atomic E-state index is 0.664. The van der Waals surface area contributed by atoms with Gasteiger partial charge in [-0.3, -0.25) is 0 Å². The lowest BCUT2D eigenvalue weighted by Crippen LogP contribution is -1.98. The van der Waals surface area contributed by atoms with Gasteiger partial charge in [0, 0.05) is 10.1 Å². The highest BCUT2D eigenvalue weighted by atomic mass is 32.2. The zero-order chi connectivity index (χ0) is 11.9. The Hall–Kier alpha value is -1.21. The summed E-state index contributed by atoms with van der Waals surface area (Å²) in [6.45, 7) is 2.31. The molecule has 0 aliphatic carbocycles. The van der Waals surface area contributed by atoms with Crippen molar-refractivity contribution in [2.45, 2.75) is 29.9 Å². The van der Waals surface area contributed by atoms with Gasteiger partial charge in [-0.1, -0.05) is 55.5 Å². The van der Waals surface area contributed by atoms with Gasteiger partial charge in [0.1, 0.15) is 0 Å². The lowest BCUT2D eigenvalue weighted by atomic mass is 10.1. The van der Waals surface area contributed by atoms with Crippen LogP contribution in [0, 0.1) is 0 Å². The smallest absolute Gasteiger partial charge is 0.00746 e. The first-order valence-corrected chi connectivity index (χ1v) is 6.98. The maximum Gasteiger partial charge on any atom is 0.00746 e. The molecule has 0 aliphatic rings. The number of benzene rings is 2. The van der Waals surface area contributed by atoms with Crippen LogP contribution in [-0.2, 0) is 6.42 Å². The molecule has 0 fully saturated rings. The maximum absolute atomic E-state index is 2.31. The highest BCUT2D eigenvalue weighted by Crippen LogP contribution is 2.25. The predicted molar refractivity (Wildman–Crippen MR) is 76.5 cm³/mol. The summed E-state index contributed by atoms with van der Waals surface area (Å²) < 4.78 is 0. The van der Waals surface area contributed by atoms with E-state index >= 15 is 0 Å². The largest absolute Gasteiger partial charge is 0.123 e. The summed E-state index contributed by atoms with van der Waals surface area (Å²) in [6, 6.07) is 21.4. The number of hydrogen-bond donors (Lipinski definition) is 0. The molecule has 1 atom stereocenters. The second-order valence-corrected chi connectivity index (χ2v) is 5.78. The Morgan fingerprint density at radius 2 is 1.47 bits per heavy atom. The Morgan fingerprint density at radius 1 is 0.882 bits per heavy atom. The van der Waals surface area contributed by atoms with Crippen LogP contribution in [0.25, 0.3) is 0 Å². The first kappa shape index (κ1) is 12.3. The van der Waals surface area contributed by atoms with Crippen LogP contribution in [0.15, 0.2) is 65.6 Å². The van der Waals surface area contributed by atoms with Gasteiger partial charge in [0.05, 0.1) is 0 Å². The van der Waals surface area contributed by atoms with Crippen molar-refractivity contribution >= 4 is 11.8 Å². The van der Waals surface area contributed by atoms with Crippen molar-refractivity contribution in [3.63, 3.8) is 0 Å². The first-order chi connectivity index (χ1) is 8.34. The fourth-order valence-electron chi connectivity index (χ4n) is 1.80. The Bertz CT molecular complexity index is 422. The third-order valence-electron chi connectivity index (χ3n) is 2.76. The SMILES string of the molecule is CC(CCc1ccccc1)Sc1ccccc1. The third-order valence-corrected chi connectivity index (χ3v) is 3.95. The van der Waals surface area contributed by atoms with Gasteiger partial charge in [-0.2, -0.15) is 0 Å².